The van der Waals surface area contributed by atoms with Crippen molar-refractivity contribution >= 4 is 15.9 Å². The molecular formula is C14H15BrFNO. The van der Waals surface area contributed by atoms with Gasteiger partial charge in [0.05, 0.1) is 17.1 Å². The van der Waals surface area contributed by atoms with Gasteiger partial charge in [-0.3, -0.25) is 0 Å². The molecule has 0 atom stereocenters. The Morgan fingerprint density at radius 1 is 1.50 bits per heavy atom. The van der Waals surface area contributed by atoms with Crippen LogP contribution in [0.25, 0.3) is 0 Å². The third kappa shape index (κ3) is 2.06. The summed E-state index contributed by atoms with van der Waals surface area (Å²) in [6.45, 7) is 3.58. The summed E-state index contributed by atoms with van der Waals surface area (Å²) in [5.41, 5.74) is 0.534. The van der Waals surface area contributed by atoms with Crippen LogP contribution >= 0.6 is 15.9 Å². The second kappa shape index (κ2) is 4.32. The average Bonchev–Trinajstić information content (AvgIpc) is 2.27. The van der Waals surface area contributed by atoms with Crippen LogP contribution in [0, 0.1) is 24.1 Å². The lowest BCUT2D eigenvalue weighted by atomic mass is 9.57. The van der Waals surface area contributed by atoms with Crippen LogP contribution < -0.4 is 0 Å². The first kappa shape index (κ1) is 13.5. The van der Waals surface area contributed by atoms with Gasteiger partial charge in [-0.15, -0.1) is 0 Å². The smallest absolute Gasteiger partial charge is 0.128 e. The summed E-state index contributed by atoms with van der Waals surface area (Å²) in [5, 5.41) is 19.7. The number of nitriles is 1. The van der Waals surface area contributed by atoms with Crippen molar-refractivity contribution in [2.75, 3.05) is 0 Å². The molecule has 1 aliphatic carbocycles. The first-order chi connectivity index (χ1) is 8.33. The van der Waals surface area contributed by atoms with Gasteiger partial charge in [0.1, 0.15) is 5.82 Å². The number of halogens is 2. The van der Waals surface area contributed by atoms with E-state index in [2.05, 4.69) is 22.0 Å². The van der Waals surface area contributed by atoms with Crippen molar-refractivity contribution in [3.8, 4) is 6.07 Å². The van der Waals surface area contributed by atoms with Crippen LogP contribution in [-0.2, 0) is 10.7 Å². The van der Waals surface area contributed by atoms with Crippen molar-refractivity contribution in [3.63, 3.8) is 0 Å². The summed E-state index contributed by atoms with van der Waals surface area (Å²) in [4.78, 5) is 0. The second-order valence-electron chi connectivity index (χ2n) is 5.44. The number of aryl methyl sites for hydroxylation is 1. The van der Waals surface area contributed by atoms with E-state index in [1.807, 2.05) is 6.92 Å². The highest BCUT2D eigenvalue weighted by Crippen LogP contribution is 2.50. The summed E-state index contributed by atoms with van der Waals surface area (Å²) in [6.07, 6.45) is 0.584. The van der Waals surface area contributed by atoms with Crippen molar-refractivity contribution in [1.82, 2.24) is 0 Å². The molecule has 0 radical (unpaired) electrons. The van der Waals surface area contributed by atoms with E-state index in [1.54, 1.807) is 13.0 Å². The molecule has 0 saturated heterocycles. The minimum atomic E-state index is -0.872. The van der Waals surface area contributed by atoms with Gasteiger partial charge in [-0.05, 0) is 43.9 Å². The molecule has 18 heavy (non-hydrogen) atoms. The Morgan fingerprint density at radius 2 is 2.11 bits per heavy atom. The Bertz CT molecular complexity index is 525. The Labute approximate surface area is 115 Å². The van der Waals surface area contributed by atoms with Crippen LogP contribution in [-0.4, -0.2) is 10.7 Å². The van der Waals surface area contributed by atoms with Gasteiger partial charge in [-0.2, -0.15) is 5.26 Å². The molecule has 0 spiro atoms. The molecule has 4 heteroatoms. The van der Waals surface area contributed by atoms with Gasteiger partial charge in [0.25, 0.3) is 0 Å². The highest BCUT2D eigenvalue weighted by molar-refractivity contribution is 9.08. The normalized spacial score (nSPS) is 30.7. The maximum atomic E-state index is 14.1. The van der Waals surface area contributed by atoms with E-state index in [-0.39, 0.29) is 5.82 Å². The predicted molar refractivity (Wildman–Crippen MR) is 70.9 cm³/mol. The lowest BCUT2D eigenvalue weighted by molar-refractivity contribution is -0.0565. The zero-order valence-corrected chi connectivity index (χ0v) is 12.0. The van der Waals surface area contributed by atoms with E-state index in [9.17, 15) is 14.8 Å². The molecule has 96 valence electrons. The second-order valence-corrected chi connectivity index (χ2v) is 6.00. The third-order valence-electron chi connectivity index (χ3n) is 3.66. The van der Waals surface area contributed by atoms with E-state index in [0.29, 0.717) is 23.7 Å². The number of hydrogen-bond donors (Lipinski definition) is 1. The number of benzene rings is 1. The molecule has 1 fully saturated rings. The summed E-state index contributed by atoms with van der Waals surface area (Å²) in [5.74, 6) is -0.355. The monoisotopic (exact) mass is 311 g/mol. The minimum absolute atomic E-state index is 0.292. The molecule has 0 bridgehead atoms. The third-order valence-corrected chi connectivity index (χ3v) is 4.27. The first-order valence-electron chi connectivity index (χ1n) is 5.83. The van der Waals surface area contributed by atoms with Crippen molar-refractivity contribution < 1.29 is 9.50 Å². The molecule has 0 amide bonds. The van der Waals surface area contributed by atoms with Crippen molar-refractivity contribution in [2.24, 2.45) is 0 Å². The number of aliphatic hydroxyl groups is 1. The van der Waals surface area contributed by atoms with Crippen LogP contribution in [0.4, 0.5) is 4.39 Å². The molecule has 1 aliphatic rings. The molecule has 0 unspecified atom stereocenters. The zero-order chi connectivity index (χ0) is 13.6. The van der Waals surface area contributed by atoms with Crippen molar-refractivity contribution in [1.29, 1.82) is 5.26 Å². The van der Waals surface area contributed by atoms with Crippen LogP contribution in [0.1, 0.15) is 36.5 Å². The topological polar surface area (TPSA) is 44.0 Å². The van der Waals surface area contributed by atoms with Gasteiger partial charge < -0.3 is 5.11 Å². The van der Waals surface area contributed by atoms with Crippen molar-refractivity contribution in [3.05, 3.63) is 34.6 Å². The lowest BCUT2D eigenvalue weighted by Crippen LogP contribution is -2.52. The Hall–Kier alpha value is -0.920. The fraction of sp³-hybridized carbons (Fsp3) is 0.500. The molecule has 0 aromatic heterocycles. The fourth-order valence-corrected chi connectivity index (χ4v) is 3.42. The minimum Gasteiger partial charge on any atom is -0.390 e. The van der Waals surface area contributed by atoms with Gasteiger partial charge in [-0.1, -0.05) is 22.0 Å². The van der Waals surface area contributed by atoms with Gasteiger partial charge in [0.15, 0.2) is 0 Å². The Kier molecular flexibility index (Phi) is 3.25. The zero-order valence-electron chi connectivity index (χ0n) is 10.4. The van der Waals surface area contributed by atoms with E-state index >= 15 is 0 Å². The molecule has 0 aliphatic heterocycles. The fourth-order valence-electron chi connectivity index (χ4n) is 2.81. The van der Waals surface area contributed by atoms with Gasteiger partial charge in [0, 0.05) is 10.9 Å². The van der Waals surface area contributed by atoms with Crippen molar-refractivity contribution in [2.45, 2.75) is 43.0 Å². The molecule has 0 heterocycles. The van der Waals surface area contributed by atoms with Crippen LogP contribution in [0.15, 0.2) is 12.1 Å². The quantitative estimate of drug-likeness (QED) is 0.851. The molecule has 1 aromatic carbocycles. The van der Waals surface area contributed by atoms with Crippen LogP contribution in [0.3, 0.4) is 0 Å². The standard InChI is InChI=1S/C14H15BrFNO/c1-9-3-11(12(16)4-10(9)5-15)14(8-17)6-13(2,18)7-14/h3-4,18H,5-7H2,1-2H3. The molecule has 2 nitrogen and oxygen atoms in total. The predicted octanol–water partition coefficient (Wildman–Crippen LogP) is 3.34. The molecule has 2 rings (SSSR count). The number of alkyl halides is 1. The van der Waals surface area contributed by atoms with E-state index in [4.69, 9.17) is 0 Å². The number of hydrogen-bond acceptors (Lipinski definition) is 2. The first-order valence-corrected chi connectivity index (χ1v) is 6.95. The summed E-state index contributed by atoms with van der Waals surface area (Å²) in [7, 11) is 0. The maximum absolute atomic E-state index is 14.1. The van der Waals surface area contributed by atoms with Gasteiger partial charge in [0.2, 0.25) is 0 Å². The van der Waals surface area contributed by atoms with Gasteiger partial charge >= 0.3 is 0 Å². The SMILES string of the molecule is Cc1cc(C2(C#N)CC(C)(O)C2)c(F)cc1CBr. The van der Waals surface area contributed by atoms with E-state index in [0.717, 1.165) is 11.1 Å². The number of rotatable bonds is 2. The van der Waals surface area contributed by atoms with Gasteiger partial charge in [-0.25, -0.2) is 4.39 Å². The lowest BCUT2D eigenvalue weighted by Gasteiger charge is -2.47. The summed E-state index contributed by atoms with van der Waals surface area (Å²) < 4.78 is 14.1. The molecular weight excluding hydrogens is 297 g/mol. The Morgan fingerprint density at radius 3 is 2.56 bits per heavy atom. The highest BCUT2D eigenvalue weighted by Gasteiger charge is 2.53. The Balaban J connectivity index is 2.46. The average molecular weight is 312 g/mol. The summed E-state index contributed by atoms with van der Waals surface area (Å²) >= 11 is 3.31. The maximum Gasteiger partial charge on any atom is 0.128 e. The van der Waals surface area contributed by atoms with E-state index in [1.165, 1.54) is 6.07 Å². The van der Waals surface area contributed by atoms with Crippen LogP contribution in [0.2, 0.25) is 0 Å². The van der Waals surface area contributed by atoms with Crippen LogP contribution in [0.5, 0.6) is 0 Å². The van der Waals surface area contributed by atoms with E-state index < -0.39 is 11.0 Å². The molecule has 1 N–H and O–H groups in total. The molecule has 1 aromatic rings. The number of nitrogens with zero attached hydrogens (tertiary/aromatic N) is 1. The highest BCUT2D eigenvalue weighted by atomic mass is 79.9. The summed E-state index contributed by atoms with van der Waals surface area (Å²) in [6, 6.07) is 5.40. The molecule has 1 saturated carbocycles. The largest absolute Gasteiger partial charge is 0.390 e.